The zero-order chi connectivity index (χ0) is 19.3. The van der Waals surface area contributed by atoms with Crippen LogP contribution in [-0.2, 0) is 16.1 Å². The number of amides is 1. The zero-order valence-corrected chi connectivity index (χ0v) is 15.6. The van der Waals surface area contributed by atoms with E-state index in [9.17, 15) is 9.59 Å². The molecule has 6 nitrogen and oxygen atoms in total. The van der Waals surface area contributed by atoms with Crippen molar-refractivity contribution in [3.8, 4) is 11.3 Å². The van der Waals surface area contributed by atoms with Crippen molar-refractivity contribution in [2.24, 2.45) is 0 Å². The van der Waals surface area contributed by atoms with Crippen molar-refractivity contribution < 1.29 is 9.53 Å². The van der Waals surface area contributed by atoms with E-state index in [0.717, 1.165) is 36.1 Å². The molecule has 3 aromatic rings. The topological polar surface area (TPSA) is 73.2 Å². The molecule has 6 heteroatoms. The number of nitrogens with one attached hydrogen (secondary N) is 1. The first-order valence-electron chi connectivity index (χ1n) is 9.66. The molecule has 0 spiro atoms. The molecule has 0 aliphatic carbocycles. The molecule has 1 atom stereocenters. The quantitative estimate of drug-likeness (QED) is 0.717. The summed E-state index contributed by atoms with van der Waals surface area (Å²) in [5.74, 6) is -0.0985. The third kappa shape index (κ3) is 3.97. The summed E-state index contributed by atoms with van der Waals surface area (Å²) in [6, 6.07) is 17.2. The van der Waals surface area contributed by atoms with Crippen LogP contribution in [0.4, 0.5) is 0 Å². The molecule has 144 valence electrons. The molecule has 0 radical (unpaired) electrons. The Morgan fingerprint density at radius 3 is 2.61 bits per heavy atom. The molecule has 1 N–H and O–H groups in total. The Bertz CT molecular complexity index is 1020. The van der Waals surface area contributed by atoms with Gasteiger partial charge in [0.2, 0.25) is 5.91 Å². The van der Waals surface area contributed by atoms with Gasteiger partial charge >= 0.3 is 0 Å². The van der Waals surface area contributed by atoms with E-state index < -0.39 is 0 Å². The molecule has 0 unspecified atom stereocenters. The number of hydrogen-bond donors (Lipinski definition) is 1. The van der Waals surface area contributed by atoms with Crippen molar-refractivity contribution in [1.82, 2.24) is 15.1 Å². The molecule has 0 saturated carbocycles. The van der Waals surface area contributed by atoms with Gasteiger partial charge in [0.15, 0.2) is 0 Å². The number of aromatic nitrogens is 2. The lowest BCUT2D eigenvalue weighted by Gasteiger charge is -2.13. The average molecular weight is 377 g/mol. The van der Waals surface area contributed by atoms with Crippen LogP contribution in [0, 0.1) is 0 Å². The van der Waals surface area contributed by atoms with Crippen molar-refractivity contribution in [2.75, 3.05) is 13.2 Å². The molecule has 1 aliphatic heterocycles. The first kappa shape index (κ1) is 18.4. The largest absolute Gasteiger partial charge is 0.376 e. The van der Waals surface area contributed by atoms with Gasteiger partial charge in [-0.1, -0.05) is 48.5 Å². The average Bonchev–Trinajstić information content (AvgIpc) is 3.26. The number of aryl methyl sites for hydroxylation is 1. The molecule has 1 saturated heterocycles. The Morgan fingerprint density at radius 1 is 1.11 bits per heavy atom. The third-order valence-electron chi connectivity index (χ3n) is 5.02. The van der Waals surface area contributed by atoms with Crippen molar-refractivity contribution in [3.05, 3.63) is 65.0 Å². The Kier molecular flexibility index (Phi) is 5.48. The van der Waals surface area contributed by atoms with Gasteiger partial charge in [-0.25, -0.2) is 4.68 Å². The first-order chi connectivity index (χ1) is 13.7. The molecule has 28 heavy (non-hydrogen) atoms. The molecule has 1 amide bonds. The summed E-state index contributed by atoms with van der Waals surface area (Å²) in [6.07, 6.45) is 2.33. The molecule has 2 heterocycles. The van der Waals surface area contributed by atoms with Gasteiger partial charge in [-0.15, -0.1) is 0 Å². The van der Waals surface area contributed by atoms with Crippen LogP contribution in [0.3, 0.4) is 0 Å². The highest BCUT2D eigenvalue weighted by molar-refractivity contribution is 5.93. The fraction of sp³-hybridized carbons (Fsp3) is 0.318. The van der Waals surface area contributed by atoms with E-state index in [1.165, 1.54) is 4.68 Å². The minimum atomic E-state index is -0.179. The fourth-order valence-electron chi connectivity index (χ4n) is 3.52. The van der Waals surface area contributed by atoms with Crippen molar-refractivity contribution >= 4 is 16.7 Å². The Hall–Kier alpha value is -2.99. The van der Waals surface area contributed by atoms with Crippen molar-refractivity contribution in [1.29, 1.82) is 0 Å². The summed E-state index contributed by atoms with van der Waals surface area (Å²) in [6.45, 7) is 1.52. The van der Waals surface area contributed by atoms with Crippen LogP contribution in [0.1, 0.15) is 19.3 Å². The summed E-state index contributed by atoms with van der Waals surface area (Å²) >= 11 is 0. The van der Waals surface area contributed by atoms with Crippen LogP contribution in [0.25, 0.3) is 22.0 Å². The molecular weight excluding hydrogens is 354 g/mol. The van der Waals surface area contributed by atoms with E-state index in [1.807, 2.05) is 48.5 Å². The number of nitrogens with zero attached hydrogens (tertiary/aromatic N) is 2. The van der Waals surface area contributed by atoms with E-state index in [1.54, 1.807) is 6.07 Å². The molecule has 2 aromatic carbocycles. The second-order valence-corrected chi connectivity index (χ2v) is 6.98. The van der Waals surface area contributed by atoms with E-state index in [4.69, 9.17) is 4.74 Å². The molecular formula is C22H23N3O3. The number of benzene rings is 2. The fourth-order valence-corrected chi connectivity index (χ4v) is 3.52. The second kappa shape index (κ2) is 8.35. The van der Waals surface area contributed by atoms with E-state index in [0.29, 0.717) is 11.9 Å². The minimum Gasteiger partial charge on any atom is -0.376 e. The number of rotatable bonds is 6. The molecule has 0 bridgehead atoms. The predicted molar refractivity (Wildman–Crippen MR) is 108 cm³/mol. The SMILES string of the molecule is O=C(CCn1nc(-c2ccccc2)c2ccccc2c1=O)NC[C@H]1CCCO1. The van der Waals surface area contributed by atoms with E-state index in [-0.39, 0.29) is 30.5 Å². The van der Waals surface area contributed by atoms with Crippen LogP contribution in [-0.4, -0.2) is 34.9 Å². The van der Waals surface area contributed by atoms with Crippen LogP contribution in [0.5, 0.6) is 0 Å². The highest BCUT2D eigenvalue weighted by Crippen LogP contribution is 2.24. The number of carbonyl (C=O) groups is 1. The number of carbonyl (C=O) groups excluding carboxylic acids is 1. The monoisotopic (exact) mass is 377 g/mol. The maximum atomic E-state index is 12.8. The Labute approximate surface area is 163 Å². The van der Waals surface area contributed by atoms with Gasteiger partial charge in [0.25, 0.3) is 5.56 Å². The maximum absolute atomic E-state index is 12.8. The zero-order valence-electron chi connectivity index (χ0n) is 15.6. The number of hydrogen-bond acceptors (Lipinski definition) is 4. The standard InChI is InChI=1S/C22H23N3O3/c26-20(23-15-17-9-6-14-28-17)12-13-25-22(27)19-11-5-4-10-18(19)21(24-25)16-7-2-1-3-8-16/h1-5,7-8,10-11,17H,6,9,12-15H2,(H,23,26)/t17-/m1/s1. The molecule has 1 aromatic heterocycles. The van der Waals surface area contributed by atoms with Gasteiger partial charge in [-0.05, 0) is 18.9 Å². The Morgan fingerprint density at radius 2 is 1.86 bits per heavy atom. The van der Waals surface area contributed by atoms with Gasteiger partial charge in [0.1, 0.15) is 0 Å². The maximum Gasteiger partial charge on any atom is 0.274 e. The van der Waals surface area contributed by atoms with E-state index >= 15 is 0 Å². The van der Waals surface area contributed by atoms with Gasteiger partial charge in [0, 0.05) is 30.5 Å². The molecule has 1 aliphatic rings. The summed E-state index contributed by atoms with van der Waals surface area (Å²) in [7, 11) is 0. The van der Waals surface area contributed by atoms with Gasteiger partial charge in [0.05, 0.1) is 23.7 Å². The smallest absolute Gasteiger partial charge is 0.274 e. The van der Waals surface area contributed by atoms with Crippen LogP contribution in [0.15, 0.2) is 59.4 Å². The lowest BCUT2D eigenvalue weighted by molar-refractivity contribution is -0.121. The van der Waals surface area contributed by atoms with Crippen molar-refractivity contribution in [3.63, 3.8) is 0 Å². The lowest BCUT2D eigenvalue weighted by atomic mass is 10.1. The van der Waals surface area contributed by atoms with Gasteiger partial charge < -0.3 is 10.1 Å². The number of ether oxygens (including phenoxy) is 1. The number of fused-ring (bicyclic) bond motifs is 1. The Balaban J connectivity index is 1.56. The normalized spacial score (nSPS) is 16.4. The van der Waals surface area contributed by atoms with E-state index in [2.05, 4.69) is 10.4 Å². The van der Waals surface area contributed by atoms with Gasteiger partial charge in [-0.3, -0.25) is 9.59 Å². The lowest BCUT2D eigenvalue weighted by Crippen LogP contribution is -2.33. The second-order valence-electron chi connectivity index (χ2n) is 6.98. The van der Waals surface area contributed by atoms with Crippen LogP contribution < -0.4 is 10.9 Å². The van der Waals surface area contributed by atoms with Crippen molar-refractivity contribution in [2.45, 2.75) is 31.9 Å². The summed E-state index contributed by atoms with van der Waals surface area (Å²) in [4.78, 5) is 25.0. The molecule has 4 rings (SSSR count). The van der Waals surface area contributed by atoms with Crippen LogP contribution >= 0.6 is 0 Å². The third-order valence-corrected chi connectivity index (χ3v) is 5.02. The highest BCUT2D eigenvalue weighted by atomic mass is 16.5. The summed E-state index contributed by atoms with van der Waals surface area (Å²) in [5.41, 5.74) is 1.51. The van der Waals surface area contributed by atoms with Crippen LogP contribution in [0.2, 0.25) is 0 Å². The molecule has 1 fully saturated rings. The predicted octanol–water partition coefficient (Wildman–Crippen LogP) is 2.75. The summed E-state index contributed by atoms with van der Waals surface area (Å²) in [5, 5.41) is 8.90. The summed E-state index contributed by atoms with van der Waals surface area (Å²) < 4.78 is 6.91. The first-order valence-corrected chi connectivity index (χ1v) is 9.66. The minimum absolute atomic E-state index is 0.0985. The highest BCUT2D eigenvalue weighted by Gasteiger charge is 2.17. The van der Waals surface area contributed by atoms with Gasteiger partial charge in [-0.2, -0.15) is 5.10 Å².